The predicted octanol–water partition coefficient (Wildman–Crippen LogP) is 2.94. The van der Waals surface area contributed by atoms with Crippen LogP contribution in [0.4, 0.5) is 0 Å². The van der Waals surface area contributed by atoms with E-state index in [1.54, 1.807) is 7.11 Å². The maximum absolute atomic E-state index is 11.9. The van der Waals surface area contributed by atoms with E-state index < -0.39 is 0 Å². The molecule has 0 aromatic carbocycles. The zero-order chi connectivity index (χ0) is 13.3. The third-order valence-corrected chi connectivity index (χ3v) is 3.12. The Labute approximate surface area is 107 Å². The van der Waals surface area contributed by atoms with Crippen LogP contribution in [-0.2, 0) is 9.53 Å². The van der Waals surface area contributed by atoms with Crippen LogP contribution in [0.25, 0.3) is 0 Å². The predicted molar refractivity (Wildman–Crippen MR) is 72.0 cm³/mol. The SMILES string of the molecule is CCN(CCC(C)CCCOC)C(=O)C(C)C. The van der Waals surface area contributed by atoms with E-state index in [1.807, 2.05) is 18.7 Å². The minimum atomic E-state index is 0.110. The molecule has 1 unspecified atom stereocenters. The molecule has 17 heavy (non-hydrogen) atoms. The normalized spacial score (nSPS) is 12.8. The summed E-state index contributed by atoms with van der Waals surface area (Å²) in [5.41, 5.74) is 0. The first kappa shape index (κ1) is 16.4. The molecule has 0 N–H and O–H groups in total. The van der Waals surface area contributed by atoms with Crippen LogP contribution >= 0.6 is 0 Å². The van der Waals surface area contributed by atoms with E-state index in [4.69, 9.17) is 4.74 Å². The molecule has 102 valence electrons. The molecule has 0 aromatic rings. The summed E-state index contributed by atoms with van der Waals surface area (Å²) in [5, 5.41) is 0. The monoisotopic (exact) mass is 243 g/mol. The van der Waals surface area contributed by atoms with Gasteiger partial charge in [-0.1, -0.05) is 20.8 Å². The number of hydrogen-bond donors (Lipinski definition) is 0. The van der Waals surface area contributed by atoms with Crippen LogP contribution in [0.3, 0.4) is 0 Å². The Morgan fingerprint density at radius 2 is 1.88 bits per heavy atom. The molecule has 0 rings (SSSR count). The highest BCUT2D eigenvalue weighted by atomic mass is 16.5. The smallest absolute Gasteiger partial charge is 0.225 e. The molecule has 0 heterocycles. The molecule has 0 saturated heterocycles. The molecule has 3 heteroatoms. The van der Waals surface area contributed by atoms with Crippen LogP contribution in [0.15, 0.2) is 0 Å². The highest BCUT2D eigenvalue weighted by molar-refractivity contribution is 5.78. The highest BCUT2D eigenvalue weighted by Crippen LogP contribution is 2.12. The van der Waals surface area contributed by atoms with Gasteiger partial charge in [-0.05, 0) is 32.1 Å². The van der Waals surface area contributed by atoms with E-state index in [-0.39, 0.29) is 11.8 Å². The highest BCUT2D eigenvalue weighted by Gasteiger charge is 2.15. The number of hydrogen-bond acceptors (Lipinski definition) is 2. The average Bonchev–Trinajstić information content (AvgIpc) is 2.29. The Kier molecular flexibility index (Phi) is 9.14. The van der Waals surface area contributed by atoms with Gasteiger partial charge in [0.15, 0.2) is 0 Å². The molecule has 1 atom stereocenters. The molecule has 0 spiro atoms. The van der Waals surface area contributed by atoms with Crippen molar-refractivity contribution in [3.63, 3.8) is 0 Å². The number of ether oxygens (including phenoxy) is 1. The van der Waals surface area contributed by atoms with Gasteiger partial charge >= 0.3 is 0 Å². The molecular formula is C14H29NO2. The molecule has 0 aliphatic heterocycles. The average molecular weight is 243 g/mol. The van der Waals surface area contributed by atoms with Crippen molar-refractivity contribution in [2.75, 3.05) is 26.8 Å². The lowest BCUT2D eigenvalue weighted by Gasteiger charge is -2.24. The molecule has 0 fully saturated rings. The van der Waals surface area contributed by atoms with Crippen LogP contribution in [0.2, 0.25) is 0 Å². The first-order chi connectivity index (χ1) is 8.02. The lowest BCUT2D eigenvalue weighted by atomic mass is 10.0. The van der Waals surface area contributed by atoms with Crippen molar-refractivity contribution >= 4 is 5.91 Å². The van der Waals surface area contributed by atoms with Crippen molar-refractivity contribution in [1.29, 1.82) is 0 Å². The third kappa shape index (κ3) is 7.37. The van der Waals surface area contributed by atoms with Crippen LogP contribution in [-0.4, -0.2) is 37.6 Å². The Balaban J connectivity index is 3.85. The number of nitrogens with zero attached hydrogens (tertiary/aromatic N) is 1. The molecule has 0 aromatic heterocycles. The summed E-state index contributed by atoms with van der Waals surface area (Å²) in [7, 11) is 1.74. The number of carbonyl (C=O) groups is 1. The van der Waals surface area contributed by atoms with E-state index in [0.717, 1.165) is 32.5 Å². The van der Waals surface area contributed by atoms with Gasteiger partial charge in [0.1, 0.15) is 0 Å². The number of methoxy groups -OCH3 is 1. The van der Waals surface area contributed by atoms with Crippen molar-refractivity contribution in [3.05, 3.63) is 0 Å². The van der Waals surface area contributed by atoms with Gasteiger partial charge in [0.2, 0.25) is 5.91 Å². The van der Waals surface area contributed by atoms with Crippen molar-refractivity contribution in [2.24, 2.45) is 11.8 Å². The largest absolute Gasteiger partial charge is 0.385 e. The minimum Gasteiger partial charge on any atom is -0.385 e. The van der Waals surface area contributed by atoms with Crippen LogP contribution < -0.4 is 0 Å². The van der Waals surface area contributed by atoms with Crippen LogP contribution in [0.1, 0.15) is 47.0 Å². The third-order valence-electron chi connectivity index (χ3n) is 3.12. The second kappa shape index (κ2) is 9.46. The summed E-state index contributed by atoms with van der Waals surface area (Å²) in [4.78, 5) is 13.8. The summed E-state index contributed by atoms with van der Waals surface area (Å²) in [6, 6.07) is 0. The van der Waals surface area contributed by atoms with Gasteiger partial charge in [-0.2, -0.15) is 0 Å². The molecule has 0 aliphatic rings. The molecule has 1 amide bonds. The Hall–Kier alpha value is -0.570. The van der Waals surface area contributed by atoms with Gasteiger partial charge in [-0.15, -0.1) is 0 Å². The first-order valence-electron chi connectivity index (χ1n) is 6.80. The van der Waals surface area contributed by atoms with Gasteiger partial charge < -0.3 is 9.64 Å². The van der Waals surface area contributed by atoms with Crippen molar-refractivity contribution < 1.29 is 9.53 Å². The van der Waals surface area contributed by atoms with Gasteiger partial charge in [0.05, 0.1) is 0 Å². The topological polar surface area (TPSA) is 29.5 Å². The summed E-state index contributed by atoms with van der Waals surface area (Å²) >= 11 is 0. The molecule has 0 bridgehead atoms. The zero-order valence-electron chi connectivity index (χ0n) is 12.2. The zero-order valence-corrected chi connectivity index (χ0v) is 12.2. The number of carbonyl (C=O) groups excluding carboxylic acids is 1. The lowest BCUT2D eigenvalue weighted by molar-refractivity contribution is -0.134. The Morgan fingerprint density at radius 1 is 1.24 bits per heavy atom. The molecule has 0 radical (unpaired) electrons. The minimum absolute atomic E-state index is 0.110. The molecule has 3 nitrogen and oxygen atoms in total. The van der Waals surface area contributed by atoms with E-state index in [9.17, 15) is 4.79 Å². The maximum atomic E-state index is 11.9. The Bertz CT molecular complexity index is 204. The molecule has 0 saturated carbocycles. The molecular weight excluding hydrogens is 214 g/mol. The van der Waals surface area contributed by atoms with Crippen molar-refractivity contribution in [2.45, 2.75) is 47.0 Å². The van der Waals surface area contributed by atoms with E-state index >= 15 is 0 Å². The Morgan fingerprint density at radius 3 is 2.35 bits per heavy atom. The fourth-order valence-corrected chi connectivity index (χ4v) is 1.89. The van der Waals surface area contributed by atoms with E-state index in [2.05, 4.69) is 13.8 Å². The summed E-state index contributed by atoms with van der Waals surface area (Å²) < 4.78 is 5.04. The summed E-state index contributed by atoms with van der Waals surface area (Å²) in [6.45, 7) is 10.8. The fourth-order valence-electron chi connectivity index (χ4n) is 1.89. The number of amides is 1. The lowest BCUT2D eigenvalue weighted by Crippen LogP contribution is -2.35. The summed E-state index contributed by atoms with van der Waals surface area (Å²) in [5.74, 6) is 1.05. The van der Waals surface area contributed by atoms with Gasteiger partial charge in [0.25, 0.3) is 0 Å². The standard InChI is InChI=1S/C14H29NO2/c1-6-15(14(16)12(2)3)10-9-13(4)8-7-11-17-5/h12-13H,6-11H2,1-5H3. The van der Waals surface area contributed by atoms with Crippen LogP contribution in [0, 0.1) is 11.8 Å². The maximum Gasteiger partial charge on any atom is 0.225 e. The van der Waals surface area contributed by atoms with Crippen molar-refractivity contribution in [3.8, 4) is 0 Å². The number of rotatable bonds is 9. The first-order valence-corrected chi connectivity index (χ1v) is 6.80. The summed E-state index contributed by atoms with van der Waals surface area (Å²) in [6.07, 6.45) is 3.39. The second-order valence-electron chi connectivity index (χ2n) is 5.10. The van der Waals surface area contributed by atoms with Crippen molar-refractivity contribution in [1.82, 2.24) is 4.90 Å². The van der Waals surface area contributed by atoms with E-state index in [1.165, 1.54) is 6.42 Å². The fraction of sp³-hybridized carbons (Fsp3) is 0.929. The van der Waals surface area contributed by atoms with Gasteiger partial charge in [0, 0.05) is 32.7 Å². The molecule has 0 aliphatic carbocycles. The van der Waals surface area contributed by atoms with Gasteiger partial charge in [-0.3, -0.25) is 4.79 Å². The second-order valence-corrected chi connectivity index (χ2v) is 5.10. The quantitative estimate of drug-likeness (QED) is 0.583. The van der Waals surface area contributed by atoms with Crippen LogP contribution in [0.5, 0.6) is 0 Å². The van der Waals surface area contributed by atoms with Gasteiger partial charge in [-0.25, -0.2) is 0 Å². The van der Waals surface area contributed by atoms with E-state index in [0.29, 0.717) is 5.92 Å².